The molecule has 1 saturated heterocycles. The number of nitrogens with one attached hydrogen (secondary N) is 1. The molecule has 34 heavy (non-hydrogen) atoms. The lowest BCUT2D eigenvalue weighted by Crippen LogP contribution is -2.41. The summed E-state index contributed by atoms with van der Waals surface area (Å²) in [5, 5.41) is 2.36. The lowest BCUT2D eigenvalue weighted by Gasteiger charge is -2.33. The highest BCUT2D eigenvalue weighted by atomic mass is 16.5. The molecule has 5 rings (SSSR count). The van der Waals surface area contributed by atoms with Crippen LogP contribution in [-0.4, -0.2) is 51.2 Å². The lowest BCUT2D eigenvalue weighted by atomic mass is 9.78. The summed E-state index contributed by atoms with van der Waals surface area (Å²) >= 11 is 0. The number of hydrogen-bond donors (Lipinski definition) is 2. The van der Waals surface area contributed by atoms with Gasteiger partial charge in [-0.3, -0.25) is 10.1 Å². The normalized spacial score (nSPS) is 23.7. The molecule has 1 aromatic carbocycles. The maximum atomic E-state index is 11.8. The number of amides is 3. The van der Waals surface area contributed by atoms with E-state index < -0.39 is 5.60 Å². The number of imide groups is 1. The van der Waals surface area contributed by atoms with E-state index in [4.69, 9.17) is 15.5 Å². The van der Waals surface area contributed by atoms with E-state index in [1.807, 2.05) is 13.8 Å². The number of aryl methyl sites for hydroxylation is 1. The Labute approximate surface area is 198 Å². The van der Waals surface area contributed by atoms with Gasteiger partial charge in [-0.05, 0) is 63.9 Å². The lowest BCUT2D eigenvalue weighted by molar-refractivity contribution is -0.118. The zero-order valence-electron chi connectivity index (χ0n) is 19.8. The smallest absolute Gasteiger partial charge is 0.324 e. The molecular formula is C25H30N6O3. The predicted octanol–water partition coefficient (Wildman–Crippen LogP) is 3.48. The topological polar surface area (TPSA) is 123 Å². The summed E-state index contributed by atoms with van der Waals surface area (Å²) in [6.45, 7) is 6.58. The van der Waals surface area contributed by atoms with Gasteiger partial charge in [0.05, 0.1) is 5.71 Å². The third-order valence-electron chi connectivity index (χ3n) is 6.99. The summed E-state index contributed by atoms with van der Waals surface area (Å²) in [4.78, 5) is 38.2. The average molecular weight is 463 g/mol. The van der Waals surface area contributed by atoms with Crippen LogP contribution in [0, 0.1) is 12.8 Å². The maximum absolute atomic E-state index is 11.8. The van der Waals surface area contributed by atoms with Crippen molar-refractivity contribution in [1.29, 1.82) is 0 Å². The van der Waals surface area contributed by atoms with Gasteiger partial charge >= 0.3 is 6.03 Å². The molecule has 3 N–H and O–H groups in total. The minimum Gasteiger partial charge on any atom is -0.463 e. The van der Waals surface area contributed by atoms with Gasteiger partial charge in [0.25, 0.3) is 0 Å². The van der Waals surface area contributed by atoms with Gasteiger partial charge in [-0.15, -0.1) is 0 Å². The number of nitrogens with two attached hydrogens (primary N) is 1. The van der Waals surface area contributed by atoms with E-state index in [9.17, 15) is 9.59 Å². The standard InChI is InChI=1S/C25H30N6O3/c1-14-27-22(26)20-23(28-14)34-25(2,3)21(30-20)18-10-8-17(9-11-18)16-6-4-15(5-7-16)12-31-13-19(32)29-24(31)33/h8-11,15-16H,4-7,12-13H2,1-3H3,(H2,26,27,28)(H,29,32,33)/t15-,16-. The highest BCUT2D eigenvalue weighted by molar-refractivity contribution is 6.09. The molecule has 2 aliphatic heterocycles. The maximum Gasteiger partial charge on any atom is 0.324 e. The Kier molecular flexibility index (Phi) is 5.50. The van der Waals surface area contributed by atoms with E-state index in [1.54, 1.807) is 11.8 Å². The first kappa shape index (κ1) is 22.3. The van der Waals surface area contributed by atoms with Crippen LogP contribution in [-0.2, 0) is 4.79 Å². The number of carbonyl (C=O) groups is 2. The largest absolute Gasteiger partial charge is 0.463 e. The van der Waals surface area contributed by atoms with Crippen LogP contribution in [0.15, 0.2) is 29.3 Å². The van der Waals surface area contributed by atoms with Crippen LogP contribution in [0.25, 0.3) is 0 Å². The van der Waals surface area contributed by atoms with Crippen LogP contribution in [0.4, 0.5) is 16.3 Å². The number of rotatable bonds is 4. The van der Waals surface area contributed by atoms with E-state index in [0.29, 0.717) is 41.6 Å². The second kappa shape index (κ2) is 8.38. The van der Waals surface area contributed by atoms with E-state index in [0.717, 1.165) is 37.0 Å². The number of fused-ring (bicyclic) bond motifs is 1. The van der Waals surface area contributed by atoms with Gasteiger partial charge in [0, 0.05) is 12.1 Å². The number of aromatic nitrogens is 2. The molecule has 0 unspecified atom stereocenters. The zero-order valence-corrected chi connectivity index (χ0v) is 19.8. The number of hydrogen-bond acceptors (Lipinski definition) is 7. The molecule has 2 fully saturated rings. The van der Waals surface area contributed by atoms with E-state index in [-0.39, 0.29) is 18.5 Å². The van der Waals surface area contributed by atoms with E-state index in [1.165, 1.54) is 5.56 Å². The van der Waals surface area contributed by atoms with Crippen LogP contribution >= 0.6 is 0 Å². The second-order valence-electron chi connectivity index (χ2n) is 9.96. The molecule has 0 radical (unpaired) electrons. The third-order valence-corrected chi connectivity index (χ3v) is 6.99. The molecule has 0 atom stereocenters. The average Bonchev–Trinajstić information content (AvgIpc) is 3.09. The van der Waals surface area contributed by atoms with Gasteiger partial charge in [-0.2, -0.15) is 4.98 Å². The Morgan fingerprint density at radius 2 is 1.82 bits per heavy atom. The molecular weight excluding hydrogens is 432 g/mol. The fourth-order valence-electron chi connectivity index (χ4n) is 5.22. The van der Waals surface area contributed by atoms with Crippen LogP contribution in [0.5, 0.6) is 5.88 Å². The molecule has 1 aliphatic carbocycles. The number of carbonyl (C=O) groups excluding carboxylic acids is 2. The fourth-order valence-corrected chi connectivity index (χ4v) is 5.22. The van der Waals surface area contributed by atoms with Crippen molar-refractivity contribution in [2.75, 3.05) is 18.8 Å². The molecule has 3 amide bonds. The van der Waals surface area contributed by atoms with Gasteiger partial charge in [0.1, 0.15) is 18.0 Å². The van der Waals surface area contributed by atoms with Crippen molar-refractivity contribution < 1.29 is 14.3 Å². The van der Waals surface area contributed by atoms with Gasteiger partial charge in [-0.1, -0.05) is 24.3 Å². The molecule has 9 nitrogen and oxygen atoms in total. The second-order valence-corrected chi connectivity index (χ2v) is 9.96. The first-order valence-corrected chi connectivity index (χ1v) is 11.8. The summed E-state index contributed by atoms with van der Waals surface area (Å²) in [5.41, 5.74) is 9.02. The molecule has 3 heterocycles. The minimum atomic E-state index is -0.650. The number of benzene rings is 1. The predicted molar refractivity (Wildman–Crippen MR) is 128 cm³/mol. The molecule has 3 aliphatic rings. The zero-order chi connectivity index (χ0) is 24.0. The molecule has 0 spiro atoms. The number of nitrogen functional groups attached to an aromatic ring is 1. The number of ether oxygens (including phenoxy) is 1. The monoisotopic (exact) mass is 462 g/mol. The van der Waals surface area contributed by atoms with Gasteiger partial charge in [0.15, 0.2) is 11.5 Å². The Bertz CT molecular complexity index is 1170. The number of urea groups is 1. The first-order valence-electron chi connectivity index (χ1n) is 11.8. The summed E-state index contributed by atoms with van der Waals surface area (Å²) < 4.78 is 6.16. The summed E-state index contributed by atoms with van der Waals surface area (Å²) in [5.74, 6) is 2.02. The van der Waals surface area contributed by atoms with Crippen LogP contribution in [0.1, 0.15) is 62.4 Å². The molecule has 9 heteroatoms. The van der Waals surface area contributed by atoms with Gasteiger partial charge in [-0.25, -0.2) is 14.8 Å². The third kappa shape index (κ3) is 4.22. The van der Waals surface area contributed by atoms with E-state index >= 15 is 0 Å². The molecule has 1 saturated carbocycles. The van der Waals surface area contributed by atoms with Crippen LogP contribution < -0.4 is 15.8 Å². The molecule has 178 valence electrons. The van der Waals surface area contributed by atoms with Crippen molar-refractivity contribution in [3.05, 3.63) is 41.2 Å². The number of anilines is 1. The summed E-state index contributed by atoms with van der Waals surface area (Å²) in [7, 11) is 0. The fraction of sp³-hybridized carbons (Fsp3) is 0.480. The van der Waals surface area contributed by atoms with Crippen molar-refractivity contribution in [2.24, 2.45) is 10.9 Å². The summed E-state index contributed by atoms with van der Waals surface area (Å²) in [6, 6.07) is 8.29. The highest BCUT2D eigenvalue weighted by Crippen LogP contribution is 2.40. The Balaban J connectivity index is 1.27. The first-order chi connectivity index (χ1) is 16.2. The van der Waals surface area contributed by atoms with Crippen molar-refractivity contribution in [3.8, 4) is 5.88 Å². The Hall–Kier alpha value is -3.49. The number of nitrogens with zero attached hydrogens (tertiary/aromatic N) is 4. The SMILES string of the molecule is Cc1nc(N)c2c(n1)OC(C)(C)C(c1ccc([C@H]3CC[C@H](CN4CC(=O)NC4=O)CC3)cc1)=N2. The van der Waals surface area contributed by atoms with Crippen LogP contribution in [0.2, 0.25) is 0 Å². The molecule has 0 bridgehead atoms. The van der Waals surface area contributed by atoms with Gasteiger partial charge < -0.3 is 15.4 Å². The highest BCUT2D eigenvalue weighted by Gasteiger charge is 2.36. The molecule has 1 aromatic heterocycles. The van der Waals surface area contributed by atoms with Crippen molar-refractivity contribution >= 4 is 29.2 Å². The Morgan fingerprint density at radius 1 is 1.12 bits per heavy atom. The number of aliphatic imine (C=N–C) groups is 1. The van der Waals surface area contributed by atoms with E-state index in [2.05, 4.69) is 39.6 Å². The molecule has 2 aromatic rings. The summed E-state index contributed by atoms with van der Waals surface area (Å²) in [6.07, 6.45) is 4.24. The van der Waals surface area contributed by atoms with Gasteiger partial charge in [0.2, 0.25) is 11.8 Å². The quantitative estimate of drug-likeness (QED) is 0.671. The van der Waals surface area contributed by atoms with Crippen molar-refractivity contribution in [1.82, 2.24) is 20.2 Å². The van der Waals surface area contributed by atoms with Crippen molar-refractivity contribution in [2.45, 2.75) is 58.0 Å². The van der Waals surface area contributed by atoms with Crippen LogP contribution in [0.3, 0.4) is 0 Å². The van der Waals surface area contributed by atoms with Crippen molar-refractivity contribution in [3.63, 3.8) is 0 Å². The minimum absolute atomic E-state index is 0.187. The Morgan fingerprint density at radius 3 is 2.47 bits per heavy atom.